The molecule has 6 nitrogen and oxygen atoms in total. The van der Waals surface area contributed by atoms with Crippen molar-refractivity contribution in [3.63, 3.8) is 0 Å². The molecule has 0 aliphatic rings. The highest BCUT2D eigenvalue weighted by atomic mass is 35.5. The first-order chi connectivity index (χ1) is 9.08. The van der Waals surface area contributed by atoms with E-state index in [9.17, 15) is 4.79 Å². The van der Waals surface area contributed by atoms with Gasteiger partial charge in [0, 0.05) is 0 Å². The fourth-order valence-corrected chi connectivity index (χ4v) is 1.53. The van der Waals surface area contributed by atoms with E-state index < -0.39 is 6.10 Å². The zero-order valence-electron chi connectivity index (χ0n) is 10.4. The van der Waals surface area contributed by atoms with Crippen molar-refractivity contribution in [1.29, 1.82) is 0 Å². The lowest BCUT2D eigenvalue weighted by Crippen LogP contribution is -2.30. The lowest BCUT2D eigenvalue weighted by molar-refractivity contribution is -0.122. The first kappa shape index (κ1) is 13.4. The van der Waals surface area contributed by atoms with Crippen molar-refractivity contribution in [2.45, 2.75) is 20.0 Å². The van der Waals surface area contributed by atoms with E-state index in [2.05, 4.69) is 20.3 Å². The van der Waals surface area contributed by atoms with Crippen molar-refractivity contribution in [2.75, 3.05) is 5.32 Å². The van der Waals surface area contributed by atoms with Crippen LogP contribution in [0.25, 0.3) is 0 Å². The van der Waals surface area contributed by atoms with Gasteiger partial charge in [-0.05, 0) is 31.1 Å². The molecule has 1 N–H and O–H groups in total. The molecule has 0 aliphatic heterocycles. The number of carbonyl (C=O) groups is 1. The normalized spacial score (nSPS) is 11.9. The lowest BCUT2D eigenvalue weighted by atomic mass is 10.3. The summed E-state index contributed by atoms with van der Waals surface area (Å²) in [6.45, 7) is 3.28. The predicted octanol–water partition coefficient (Wildman–Crippen LogP) is 2.44. The minimum absolute atomic E-state index is 0.277. The van der Waals surface area contributed by atoms with Gasteiger partial charge in [0.25, 0.3) is 5.91 Å². The van der Waals surface area contributed by atoms with Gasteiger partial charge >= 0.3 is 0 Å². The summed E-state index contributed by atoms with van der Waals surface area (Å²) in [7, 11) is 0. The van der Waals surface area contributed by atoms with Gasteiger partial charge in [0.2, 0.25) is 0 Å². The summed E-state index contributed by atoms with van der Waals surface area (Å²) in [5, 5.41) is 10.1. The van der Waals surface area contributed by atoms with Crippen LogP contribution in [0.15, 0.2) is 28.9 Å². The average molecular weight is 282 g/mol. The fraction of sp³-hybridized carbons (Fsp3) is 0.250. The summed E-state index contributed by atoms with van der Waals surface area (Å²) >= 11 is 5.95. The third kappa shape index (κ3) is 3.23. The van der Waals surface area contributed by atoms with Crippen LogP contribution in [0.5, 0.6) is 5.75 Å². The van der Waals surface area contributed by atoms with Crippen LogP contribution in [-0.4, -0.2) is 22.3 Å². The molecule has 1 amide bonds. The summed E-state index contributed by atoms with van der Waals surface area (Å²) in [4.78, 5) is 11.9. The summed E-state index contributed by atoms with van der Waals surface area (Å²) in [5.74, 6) is 0.361. The second-order valence-corrected chi connectivity index (χ2v) is 4.29. The number of hydrogen-bond donors (Lipinski definition) is 1. The second kappa shape index (κ2) is 5.71. The molecule has 0 spiro atoms. The number of anilines is 1. The molecule has 0 aliphatic carbocycles. The Hall–Kier alpha value is -2.08. The van der Waals surface area contributed by atoms with Gasteiger partial charge in [0.1, 0.15) is 11.4 Å². The topological polar surface area (TPSA) is 77.3 Å². The van der Waals surface area contributed by atoms with Gasteiger partial charge in [-0.2, -0.15) is 0 Å². The van der Waals surface area contributed by atoms with E-state index in [-0.39, 0.29) is 11.7 Å². The number of rotatable bonds is 4. The number of nitrogens with one attached hydrogen (secondary N) is 1. The zero-order valence-corrected chi connectivity index (χ0v) is 11.1. The second-order valence-electron chi connectivity index (χ2n) is 3.88. The van der Waals surface area contributed by atoms with E-state index in [0.717, 1.165) is 0 Å². The van der Waals surface area contributed by atoms with Crippen molar-refractivity contribution >= 4 is 23.3 Å². The summed E-state index contributed by atoms with van der Waals surface area (Å²) in [6, 6.07) is 6.93. The Labute approximate surface area is 114 Å². The highest BCUT2D eigenvalue weighted by Crippen LogP contribution is 2.24. The molecule has 1 aromatic heterocycles. The first-order valence-electron chi connectivity index (χ1n) is 5.59. The molecule has 0 radical (unpaired) electrons. The summed E-state index contributed by atoms with van der Waals surface area (Å²) in [5.41, 5.74) is 0.498. The quantitative estimate of drug-likeness (QED) is 0.931. The average Bonchev–Trinajstić information content (AvgIpc) is 2.78. The van der Waals surface area contributed by atoms with Gasteiger partial charge in [-0.15, -0.1) is 0 Å². The van der Waals surface area contributed by atoms with Gasteiger partial charge in [0.05, 0.1) is 5.02 Å². The Balaban J connectivity index is 2.00. The highest BCUT2D eigenvalue weighted by molar-refractivity contribution is 6.32. The predicted molar refractivity (Wildman–Crippen MR) is 69.2 cm³/mol. The van der Waals surface area contributed by atoms with Crippen LogP contribution in [0.3, 0.4) is 0 Å². The molecule has 2 aromatic rings. The fourth-order valence-electron chi connectivity index (χ4n) is 1.35. The van der Waals surface area contributed by atoms with Crippen molar-refractivity contribution < 1.29 is 14.2 Å². The smallest absolute Gasteiger partial charge is 0.266 e. The molecule has 1 atom stereocenters. The minimum atomic E-state index is -0.726. The monoisotopic (exact) mass is 281 g/mol. The van der Waals surface area contributed by atoms with Crippen LogP contribution in [-0.2, 0) is 4.79 Å². The van der Waals surface area contributed by atoms with Crippen LogP contribution in [0.2, 0.25) is 5.02 Å². The molecule has 100 valence electrons. The standard InChI is InChI=1S/C12H12ClN3O3/c1-7-11(16-19-15-7)14-12(17)8(2)18-10-6-4-3-5-9(10)13/h3-6,8H,1-2H3,(H,14,16,17). The number of aryl methyl sites for hydroxylation is 1. The molecular formula is C12H12ClN3O3. The molecule has 7 heteroatoms. The molecule has 0 saturated carbocycles. The largest absolute Gasteiger partial charge is 0.479 e. The van der Waals surface area contributed by atoms with Gasteiger partial charge in [-0.25, -0.2) is 4.63 Å². The van der Waals surface area contributed by atoms with Crippen LogP contribution in [0.4, 0.5) is 5.82 Å². The SMILES string of the molecule is Cc1nonc1NC(=O)C(C)Oc1ccccc1Cl. The number of para-hydroxylation sites is 1. The molecule has 1 aromatic carbocycles. The molecule has 0 bridgehead atoms. The van der Waals surface area contributed by atoms with E-state index in [1.54, 1.807) is 38.1 Å². The Kier molecular flexibility index (Phi) is 4.01. The maximum Gasteiger partial charge on any atom is 0.266 e. The number of benzene rings is 1. The number of halogens is 1. The van der Waals surface area contributed by atoms with E-state index in [0.29, 0.717) is 16.5 Å². The summed E-state index contributed by atoms with van der Waals surface area (Å²) < 4.78 is 9.96. The number of ether oxygens (including phenoxy) is 1. The third-order valence-corrected chi connectivity index (χ3v) is 2.72. The molecular weight excluding hydrogens is 270 g/mol. The molecule has 1 heterocycles. The number of amides is 1. The zero-order chi connectivity index (χ0) is 13.8. The summed E-state index contributed by atoms with van der Waals surface area (Å²) in [6.07, 6.45) is -0.726. The van der Waals surface area contributed by atoms with Crippen LogP contribution in [0, 0.1) is 6.92 Å². The van der Waals surface area contributed by atoms with E-state index in [1.807, 2.05) is 0 Å². The molecule has 0 saturated heterocycles. The van der Waals surface area contributed by atoms with E-state index >= 15 is 0 Å². The van der Waals surface area contributed by atoms with Crippen molar-refractivity contribution in [1.82, 2.24) is 10.3 Å². The molecule has 19 heavy (non-hydrogen) atoms. The van der Waals surface area contributed by atoms with Crippen molar-refractivity contribution in [3.8, 4) is 5.75 Å². The Morgan fingerprint density at radius 1 is 1.42 bits per heavy atom. The molecule has 0 fully saturated rings. The van der Waals surface area contributed by atoms with Crippen molar-refractivity contribution in [3.05, 3.63) is 35.0 Å². The number of carbonyl (C=O) groups excluding carboxylic acids is 1. The maximum absolute atomic E-state index is 11.9. The Morgan fingerprint density at radius 2 is 2.16 bits per heavy atom. The van der Waals surface area contributed by atoms with Crippen molar-refractivity contribution in [2.24, 2.45) is 0 Å². The number of nitrogens with zero attached hydrogens (tertiary/aromatic N) is 2. The minimum Gasteiger partial charge on any atom is -0.479 e. The third-order valence-electron chi connectivity index (χ3n) is 2.40. The number of aromatic nitrogens is 2. The van der Waals surface area contributed by atoms with Crippen LogP contribution >= 0.6 is 11.6 Å². The van der Waals surface area contributed by atoms with Gasteiger partial charge < -0.3 is 10.1 Å². The van der Waals surface area contributed by atoms with E-state index in [1.165, 1.54) is 0 Å². The number of hydrogen-bond acceptors (Lipinski definition) is 5. The maximum atomic E-state index is 11.9. The van der Waals surface area contributed by atoms with Gasteiger partial charge in [-0.3, -0.25) is 4.79 Å². The first-order valence-corrected chi connectivity index (χ1v) is 5.97. The molecule has 2 rings (SSSR count). The Morgan fingerprint density at radius 3 is 2.79 bits per heavy atom. The highest BCUT2D eigenvalue weighted by Gasteiger charge is 2.18. The Bertz CT molecular complexity index is 585. The van der Waals surface area contributed by atoms with Gasteiger partial charge in [-0.1, -0.05) is 28.9 Å². The van der Waals surface area contributed by atoms with Crippen LogP contribution < -0.4 is 10.1 Å². The lowest BCUT2D eigenvalue weighted by Gasteiger charge is -2.14. The van der Waals surface area contributed by atoms with E-state index in [4.69, 9.17) is 16.3 Å². The molecule has 1 unspecified atom stereocenters. The van der Waals surface area contributed by atoms with Gasteiger partial charge in [0.15, 0.2) is 11.9 Å². The van der Waals surface area contributed by atoms with Crippen LogP contribution in [0.1, 0.15) is 12.6 Å².